The van der Waals surface area contributed by atoms with E-state index in [9.17, 15) is 4.39 Å². The Morgan fingerprint density at radius 2 is 2.10 bits per heavy atom. The standard InChI is InChI=1S/C31H31FN8S/c1-19(31-5-2-21(11-31)27(32)12-31)34-15-24-8-22-14-35-25(10-28(22)37-24)17-39-18-36-29(38-39)23-9-26(16-33-13-23)40-6-3-20-4-7-41-30(20)40/h3-4,6-10,13-14,16,18-19,21,27,34,37H,2,5,11-12,15,17H2,1H3. The average Bonchev–Trinajstić information content (AvgIpc) is 3.81. The number of aromatic nitrogens is 7. The second-order valence-corrected chi connectivity index (χ2v) is 12.7. The zero-order valence-corrected chi connectivity index (χ0v) is 23.6. The van der Waals surface area contributed by atoms with E-state index < -0.39 is 6.17 Å². The van der Waals surface area contributed by atoms with E-state index in [1.54, 1.807) is 23.9 Å². The molecule has 8 rings (SSSR count). The molecule has 208 valence electrons. The third-order valence-electron chi connectivity index (χ3n) is 9.35. The van der Waals surface area contributed by atoms with Gasteiger partial charge in [-0.1, -0.05) is 0 Å². The number of alkyl halides is 1. The third kappa shape index (κ3) is 4.36. The van der Waals surface area contributed by atoms with Gasteiger partial charge in [0.15, 0.2) is 5.82 Å². The highest BCUT2D eigenvalue weighted by atomic mass is 32.1. The van der Waals surface area contributed by atoms with Crippen LogP contribution in [0.5, 0.6) is 0 Å². The molecular weight excluding hydrogens is 535 g/mol. The number of halogens is 1. The third-order valence-corrected chi connectivity index (χ3v) is 10.3. The van der Waals surface area contributed by atoms with Crippen LogP contribution in [0, 0.1) is 11.3 Å². The molecule has 0 saturated heterocycles. The van der Waals surface area contributed by atoms with Crippen molar-refractivity contribution >= 4 is 32.5 Å². The lowest BCUT2D eigenvalue weighted by molar-refractivity contribution is 0.154. The Labute approximate surface area is 240 Å². The molecule has 6 heterocycles. The lowest BCUT2D eigenvalue weighted by Gasteiger charge is -2.34. The predicted molar refractivity (Wildman–Crippen MR) is 159 cm³/mol. The van der Waals surface area contributed by atoms with Crippen LogP contribution < -0.4 is 5.32 Å². The van der Waals surface area contributed by atoms with E-state index in [0.717, 1.165) is 59.3 Å². The van der Waals surface area contributed by atoms with E-state index in [-0.39, 0.29) is 11.3 Å². The largest absolute Gasteiger partial charge is 0.357 e. The van der Waals surface area contributed by atoms with Crippen LogP contribution in [0.3, 0.4) is 0 Å². The van der Waals surface area contributed by atoms with Crippen molar-refractivity contribution in [3.63, 3.8) is 0 Å². The zero-order valence-electron chi connectivity index (χ0n) is 22.8. The highest BCUT2D eigenvalue weighted by molar-refractivity contribution is 7.16. The first-order valence-corrected chi connectivity index (χ1v) is 15.1. The van der Waals surface area contributed by atoms with Crippen molar-refractivity contribution in [2.75, 3.05) is 0 Å². The Morgan fingerprint density at radius 3 is 2.98 bits per heavy atom. The van der Waals surface area contributed by atoms with Crippen molar-refractivity contribution in [2.24, 2.45) is 11.3 Å². The molecule has 2 bridgehead atoms. The Kier molecular flexibility index (Phi) is 5.82. The van der Waals surface area contributed by atoms with E-state index in [4.69, 9.17) is 5.10 Å². The Balaban J connectivity index is 0.956. The first-order chi connectivity index (χ1) is 20.0. The topological polar surface area (TPSA) is 89.2 Å². The van der Waals surface area contributed by atoms with Gasteiger partial charge < -0.3 is 14.9 Å². The molecule has 6 aromatic rings. The van der Waals surface area contributed by atoms with Gasteiger partial charge >= 0.3 is 0 Å². The molecule has 2 fully saturated rings. The Bertz CT molecular complexity index is 1860. The lowest BCUT2D eigenvalue weighted by atomic mass is 9.77. The van der Waals surface area contributed by atoms with E-state index in [0.29, 0.717) is 24.8 Å². The maximum absolute atomic E-state index is 14.3. The van der Waals surface area contributed by atoms with Gasteiger partial charge in [0.05, 0.1) is 24.1 Å². The fraction of sp³-hybridized carbons (Fsp3) is 0.355. The molecule has 0 amide bonds. The Hall–Kier alpha value is -3.89. The molecule has 6 aromatic heterocycles. The number of hydrogen-bond donors (Lipinski definition) is 2. The summed E-state index contributed by atoms with van der Waals surface area (Å²) in [4.78, 5) is 18.4. The molecule has 0 radical (unpaired) electrons. The average molecular weight is 567 g/mol. The van der Waals surface area contributed by atoms with E-state index in [1.165, 1.54) is 10.2 Å². The van der Waals surface area contributed by atoms with Gasteiger partial charge in [-0.05, 0) is 79.7 Å². The summed E-state index contributed by atoms with van der Waals surface area (Å²) in [6.07, 6.45) is 12.7. The zero-order chi connectivity index (χ0) is 27.6. The van der Waals surface area contributed by atoms with Crippen molar-refractivity contribution in [2.45, 2.75) is 57.9 Å². The number of pyridine rings is 2. The monoisotopic (exact) mass is 566 g/mol. The maximum atomic E-state index is 14.3. The van der Waals surface area contributed by atoms with Crippen LogP contribution in [0.1, 0.15) is 44.0 Å². The molecule has 2 N–H and O–H groups in total. The highest BCUT2D eigenvalue weighted by Crippen LogP contribution is 2.57. The molecule has 0 aromatic carbocycles. The Morgan fingerprint density at radius 1 is 1.15 bits per heavy atom. The van der Waals surface area contributed by atoms with Crippen LogP contribution >= 0.6 is 11.3 Å². The fourth-order valence-corrected chi connectivity index (χ4v) is 7.91. The summed E-state index contributed by atoms with van der Waals surface area (Å²) in [5.41, 5.74) is 5.04. The molecule has 2 aliphatic carbocycles. The molecule has 0 aliphatic heterocycles. The van der Waals surface area contributed by atoms with Gasteiger partial charge in [0.25, 0.3) is 0 Å². The van der Waals surface area contributed by atoms with Crippen LogP contribution in [0.4, 0.5) is 4.39 Å². The molecule has 4 unspecified atom stereocenters. The second-order valence-electron chi connectivity index (χ2n) is 11.8. The summed E-state index contributed by atoms with van der Waals surface area (Å²) >= 11 is 1.71. The number of nitrogens with one attached hydrogen (secondary N) is 2. The van der Waals surface area contributed by atoms with Crippen molar-refractivity contribution < 1.29 is 4.39 Å². The summed E-state index contributed by atoms with van der Waals surface area (Å²) in [6.45, 7) is 3.47. The van der Waals surface area contributed by atoms with Crippen molar-refractivity contribution in [3.05, 3.63) is 78.2 Å². The highest BCUT2D eigenvalue weighted by Gasteiger charge is 2.53. The van der Waals surface area contributed by atoms with Gasteiger partial charge in [0, 0.05) is 58.7 Å². The number of fused-ring (bicyclic) bond motifs is 4. The molecule has 2 saturated carbocycles. The van der Waals surface area contributed by atoms with E-state index in [1.807, 2.05) is 17.1 Å². The molecule has 8 nitrogen and oxygen atoms in total. The molecule has 4 atom stereocenters. The van der Waals surface area contributed by atoms with Gasteiger partial charge in [-0.2, -0.15) is 5.10 Å². The van der Waals surface area contributed by atoms with Gasteiger partial charge in [-0.15, -0.1) is 11.3 Å². The van der Waals surface area contributed by atoms with Gasteiger partial charge in [0.1, 0.15) is 17.3 Å². The quantitative estimate of drug-likeness (QED) is 0.227. The summed E-state index contributed by atoms with van der Waals surface area (Å²) < 4.78 is 18.2. The minimum atomic E-state index is -0.615. The van der Waals surface area contributed by atoms with Crippen LogP contribution in [-0.2, 0) is 13.1 Å². The van der Waals surface area contributed by atoms with Crippen LogP contribution in [0.15, 0.2) is 66.8 Å². The maximum Gasteiger partial charge on any atom is 0.182 e. The number of hydrogen-bond acceptors (Lipinski definition) is 6. The summed E-state index contributed by atoms with van der Waals surface area (Å²) in [5, 5.41) is 12.8. The molecular formula is C31H31FN8S. The normalized spacial score (nSPS) is 22.8. The predicted octanol–water partition coefficient (Wildman–Crippen LogP) is 6.28. The van der Waals surface area contributed by atoms with E-state index in [2.05, 4.69) is 78.7 Å². The van der Waals surface area contributed by atoms with Crippen LogP contribution in [-0.4, -0.2) is 46.5 Å². The second kappa shape index (κ2) is 9.60. The molecule has 0 spiro atoms. The molecule has 41 heavy (non-hydrogen) atoms. The summed E-state index contributed by atoms with van der Waals surface area (Å²) in [7, 11) is 0. The van der Waals surface area contributed by atoms with Gasteiger partial charge in [0.2, 0.25) is 0 Å². The minimum absolute atomic E-state index is 0.123. The van der Waals surface area contributed by atoms with Gasteiger partial charge in [-0.3, -0.25) is 9.97 Å². The molecule has 2 aliphatic rings. The number of thiophene rings is 1. The summed E-state index contributed by atoms with van der Waals surface area (Å²) in [5.74, 6) is 0.911. The number of H-pyrrole nitrogens is 1. The van der Waals surface area contributed by atoms with E-state index >= 15 is 0 Å². The first-order valence-electron chi connectivity index (χ1n) is 14.3. The number of nitrogens with zero attached hydrogens (tertiary/aromatic N) is 6. The van der Waals surface area contributed by atoms with Gasteiger partial charge in [-0.25, -0.2) is 14.1 Å². The lowest BCUT2D eigenvalue weighted by Crippen LogP contribution is -2.41. The van der Waals surface area contributed by atoms with Crippen LogP contribution in [0.2, 0.25) is 0 Å². The van der Waals surface area contributed by atoms with Crippen molar-refractivity contribution in [1.29, 1.82) is 0 Å². The van der Waals surface area contributed by atoms with Crippen molar-refractivity contribution in [1.82, 2.24) is 39.6 Å². The summed E-state index contributed by atoms with van der Waals surface area (Å²) in [6, 6.07) is 10.8. The fourth-order valence-electron chi connectivity index (χ4n) is 7.02. The number of aromatic amines is 1. The minimum Gasteiger partial charge on any atom is -0.357 e. The number of rotatable bonds is 8. The van der Waals surface area contributed by atoms with Crippen molar-refractivity contribution in [3.8, 4) is 17.1 Å². The molecule has 10 heteroatoms. The van der Waals surface area contributed by atoms with Crippen LogP contribution in [0.25, 0.3) is 38.2 Å². The first kappa shape index (κ1) is 24.9. The smallest absolute Gasteiger partial charge is 0.182 e. The SMILES string of the molecule is CC(NCc1cc2cnc(Cn3cnc(-c4cncc(-n5ccc6ccsc65)c4)n3)cc2[nH]1)C12CCC(C1)C(F)C2.